The molecule has 1 heterocycles. The molecule has 0 spiro atoms. The molecule has 0 bridgehead atoms. The monoisotopic (exact) mass is 425 g/mol. The maximum absolute atomic E-state index is 14.7. The van der Waals surface area contributed by atoms with Gasteiger partial charge in [0.25, 0.3) is 5.91 Å². The second-order valence-corrected chi connectivity index (χ2v) is 7.38. The maximum Gasteiger partial charge on any atom is 0.252 e. The summed E-state index contributed by atoms with van der Waals surface area (Å²) in [6.45, 7) is 0. The molecule has 0 saturated heterocycles. The Bertz CT molecular complexity index is 946. The summed E-state index contributed by atoms with van der Waals surface area (Å²) >= 11 is 0. The minimum atomic E-state index is -0.763. The first-order valence-corrected chi connectivity index (χ1v) is 10.2. The number of nitrogens with zero attached hydrogens (tertiary/aromatic N) is 1. The Hall–Kier alpha value is -3.46. The van der Waals surface area contributed by atoms with Crippen LogP contribution in [0, 0.1) is 11.2 Å². The van der Waals surface area contributed by atoms with Crippen molar-refractivity contribution in [3.05, 3.63) is 54.0 Å². The van der Waals surface area contributed by atoms with Crippen molar-refractivity contribution in [3.63, 3.8) is 0 Å². The number of hydrogen-bond donors (Lipinski definition) is 6. The van der Waals surface area contributed by atoms with Gasteiger partial charge in [0.05, 0.1) is 5.56 Å². The number of likely N-dealkylation sites (N-methyl/N-ethyl adjacent to an activating group) is 1. The van der Waals surface area contributed by atoms with Crippen LogP contribution in [-0.2, 0) is 0 Å². The lowest BCUT2D eigenvalue weighted by molar-refractivity contribution is 0.100. The standard InChI is InChI=1S/C22H28FN7O/c1-26-18-5-2-3-6-19(18)29-22-17(23)13-16(20(25)31)21(30-22)28-15-9-7-14(8-10-15)27-12-4-11-24/h4,7-13,18-19,24,26-27H,2-3,5-6H2,1H3,(H2,25,31)(H2,28,29,30)/b12-4-,24-11?/t18?,19-/m1/s1. The van der Waals surface area contributed by atoms with Crippen molar-refractivity contribution in [2.45, 2.75) is 37.8 Å². The van der Waals surface area contributed by atoms with Crippen LogP contribution >= 0.6 is 0 Å². The van der Waals surface area contributed by atoms with Crippen molar-refractivity contribution in [1.82, 2.24) is 10.3 Å². The van der Waals surface area contributed by atoms with E-state index in [4.69, 9.17) is 11.1 Å². The van der Waals surface area contributed by atoms with Gasteiger partial charge in [-0.2, -0.15) is 0 Å². The molecule has 164 valence electrons. The molecular formula is C22H28FN7O. The lowest BCUT2D eigenvalue weighted by atomic mass is 9.90. The van der Waals surface area contributed by atoms with Crippen LogP contribution in [0.1, 0.15) is 36.0 Å². The quantitative estimate of drug-likeness (QED) is 0.341. The van der Waals surface area contributed by atoms with E-state index in [2.05, 4.69) is 26.3 Å². The van der Waals surface area contributed by atoms with Gasteiger partial charge in [0, 0.05) is 35.9 Å². The highest BCUT2D eigenvalue weighted by Crippen LogP contribution is 2.27. The molecule has 1 aliphatic rings. The number of halogens is 1. The van der Waals surface area contributed by atoms with Crippen molar-refractivity contribution in [2.75, 3.05) is 23.0 Å². The molecule has 7 N–H and O–H groups in total. The van der Waals surface area contributed by atoms with E-state index in [1.807, 2.05) is 19.2 Å². The van der Waals surface area contributed by atoms with Gasteiger partial charge in [0.2, 0.25) is 0 Å². The van der Waals surface area contributed by atoms with E-state index < -0.39 is 11.7 Å². The van der Waals surface area contributed by atoms with Gasteiger partial charge in [-0.25, -0.2) is 9.37 Å². The molecule has 1 unspecified atom stereocenters. The fourth-order valence-electron chi connectivity index (χ4n) is 3.68. The zero-order valence-electron chi connectivity index (χ0n) is 17.4. The molecular weight excluding hydrogens is 397 g/mol. The third-order valence-corrected chi connectivity index (χ3v) is 5.29. The second-order valence-electron chi connectivity index (χ2n) is 7.38. The summed E-state index contributed by atoms with van der Waals surface area (Å²) in [5.41, 5.74) is 6.92. The summed E-state index contributed by atoms with van der Waals surface area (Å²) in [5.74, 6) is -1.09. The zero-order chi connectivity index (χ0) is 22.2. The molecule has 3 rings (SSSR count). The van der Waals surface area contributed by atoms with Gasteiger partial charge in [-0.1, -0.05) is 12.8 Å². The molecule has 31 heavy (non-hydrogen) atoms. The SMILES string of the molecule is CNC1CCCC[C@H]1Nc1nc(Nc2ccc(N/C=C\C=N)cc2)c(C(N)=O)cc1F. The summed E-state index contributed by atoms with van der Waals surface area (Å²) in [5, 5.41) is 19.5. The molecule has 8 nitrogen and oxygen atoms in total. The zero-order valence-corrected chi connectivity index (χ0v) is 17.4. The van der Waals surface area contributed by atoms with Crippen LogP contribution in [0.3, 0.4) is 0 Å². The van der Waals surface area contributed by atoms with E-state index >= 15 is 0 Å². The van der Waals surface area contributed by atoms with Gasteiger partial charge in [-0.3, -0.25) is 4.79 Å². The molecule has 1 saturated carbocycles. The van der Waals surface area contributed by atoms with Crippen LogP contribution < -0.4 is 27.0 Å². The summed E-state index contributed by atoms with van der Waals surface area (Å²) < 4.78 is 14.7. The van der Waals surface area contributed by atoms with E-state index in [0.29, 0.717) is 5.69 Å². The fourth-order valence-corrected chi connectivity index (χ4v) is 3.68. The van der Waals surface area contributed by atoms with Crippen LogP contribution in [0.25, 0.3) is 0 Å². The number of nitrogens with one attached hydrogen (secondary N) is 5. The Labute approximate surface area is 181 Å². The smallest absolute Gasteiger partial charge is 0.252 e. The molecule has 1 aromatic heterocycles. The highest BCUT2D eigenvalue weighted by Gasteiger charge is 2.26. The number of amides is 1. The van der Waals surface area contributed by atoms with Crippen LogP contribution in [-0.4, -0.2) is 36.2 Å². The molecule has 1 fully saturated rings. The Balaban J connectivity index is 1.82. The fraction of sp³-hybridized carbons (Fsp3) is 0.318. The molecule has 9 heteroatoms. The van der Waals surface area contributed by atoms with Crippen molar-refractivity contribution in [2.24, 2.45) is 5.73 Å². The number of carbonyl (C=O) groups excluding carboxylic acids is 1. The van der Waals surface area contributed by atoms with Crippen molar-refractivity contribution in [1.29, 1.82) is 5.41 Å². The van der Waals surface area contributed by atoms with E-state index in [1.54, 1.807) is 24.4 Å². The van der Waals surface area contributed by atoms with Gasteiger partial charge in [0.15, 0.2) is 11.6 Å². The number of rotatable bonds is 9. The average Bonchev–Trinajstić information content (AvgIpc) is 2.77. The number of primary amides is 1. The molecule has 0 aliphatic heterocycles. The van der Waals surface area contributed by atoms with Crippen LogP contribution in [0.4, 0.5) is 27.4 Å². The Kier molecular flexibility index (Phi) is 7.55. The summed E-state index contributed by atoms with van der Waals surface area (Å²) in [6.07, 6.45) is 8.50. The van der Waals surface area contributed by atoms with Crippen molar-refractivity contribution in [3.8, 4) is 0 Å². The summed E-state index contributed by atoms with van der Waals surface area (Å²) in [4.78, 5) is 16.2. The third-order valence-electron chi connectivity index (χ3n) is 5.29. The first-order valence-electron chi connectivity index (χ1n) is 10.2. The van der Waals surface area contributed by atoms with E-state index in [9.17, 15) is 9.18 Å². The van der Waals surface area contributed by atoms with Crippen molar-refractivity contribution < 1.29 is 9.18 Å². The summed E-state index contributed by atoms with van der Waals surface area (Å²) in [6, 6.07) is 8.63. The van der Waals surface area contributed by atoms with E-state index in [1.165, 1.54) is 6.21 Å². The topological polar surface area (TPSA) is 128 Å². The number of benzene rings is 1. The minimum Gasteiger partial charge on any atom is -0.365 e. The number of allylic oxidation sites excluding steroid dienone is 1. The highest BCUT2D eigenvalue weighted by molar-refractivity contribution is 5.98. The Morgan fingerprint density at radius 3 is 2.48 bits per heavy atom. The minimum absolute atomic E-state index is 0.0204. The number of nitrogens with two attached hydrogens (primary N) is 1. The largest absolute Gasteiger partial charge is 0.365 e. The van der Waals surface area contributed by atoms with Gasteiger partial charge < -0.3 is 32.4 Å². The number of aromatic nitrogens is 1. The average molecular weight is 426 g/mol. The van der Waals surface area contributed by atoms with Crippen LogP contribution in [0.15, 0.2) is 42.6 Å². The predicted molar refractivity (Wildman–Crippen MR) is 123 cm³/mol. The number of hydrogen-bond acceptors (Lipinski definition) is 7. The molecule has 1 aliphatic carbocycles. The highest BCUT2D eigenvalue weighted by atomic mass is 19.1. The molecule has 0 radical (unpaired) electrons. The second kappa shape index (κ2) is 10.5. The lowest BCUT2D eigenvalue weighted by Gasteiger charge is -2.32. The molecule has 1 amide bonds. The number of carbonyl (C=O) groups is 1. The third kappa shape index (κ3) is 5.79. The van der Waals surface area contributed by atoms with Crippen LogP contribution in [0.2, 0.25) is 0 Å². The van der Waals surface area contributed by atoms with Gasteiger partial charge in [-0.15, -0.1) is 0 Å². The normalized spacial score (nSPS) is 18.5. The van der Waals surface area contributed by atoms with E-state index in [-0.39, 0.29) is 29.3 Å². The van der Waals surface area contributed by atoms with Gasteiger partial charge >= 0.3 is 0 Å². The predicted octanol–water partition coefficient (Wildman–Crippen LogP) is 3.58. The summed E-state index contributed by atoms with van der Waals surface area (Å²) in [7, 11) is 1.90. The lowest BCUT2D eigenvalue weighted by Crippen LogP contribution is -2.45. The number of pyridine rings is 1. The maximum atomic E-state index is 14.7. The Morgan fingerprint density at radius 2 is 1.84 bits per heavy atom. The first-order chi connectivity index (χ1) is 15.0. The molecule has 2 atom stereocenters. The van der Waals surface area contributed by atoms with Crippen LogP contribution in [0.5, 0.6) is 0 Å². The molecule has 1 aromatic carbocycles. The number of anilines is 4. The Morgan fingerprint density at radius 1 is 1.16 bits per heavy atom. The first kappa shape index (κ1) is 22.2. The van der Waals surface area contributed by atoms with Gasteiger partial charge in [-0.05, 0) is 56.3 Å². The van der Waals surface area contributed by atoms with Gasteiger partial charge in [0.1, 0.15) is 5.82 Å². The van der Waals surface area contributed by atoms with E-state index in [0.717, 1.165) is 37.4 Å². The molecule has 2 aromatic rings. The van der Waals surface area contributed by atoms with Crippen molar-refractivity contribution >= 4 is 35.1 Å².